The molecule has 0 radical (unpaired) electrons. The van der Waals surface area contributed by atoms with Crippen molar-refractivity contribution in [2.45, 2.75) is 30.8 Å². The van der Waals surface area contributed by atoms with Gasteiger partial charge in [-0.2, -0.15) is 0 Å². The first-order chi connectivity index (χ1) is 18.4. The van der Waals surface area contributed by atoms with E-state index >= 15 is 0 Å². The number of hydrogen-bond donors (Lipinski definition) is 1. The van der Waals surface area contributed by atoms with Crippen LogP contribution in [0.3, 0.4) is 0 Å². The van der Waals surface area contributed by atoms with Gasteiger partial charge in [0.15, 0.2) is 0 Å². The molecule has 0 bridgehead atoms. The maximum atomic E-state index is 14.2. The van der Waals surface area contributed by atoms with Gasteiger partial charge in [-0.3, -0.25) is 18.5 Å². The minimum absolute atomic E-state index is 0.190. The Morgan fingerprint density at radius 3 is 2.32 bits per heavy atom. The molecule has 3 unspecified atom stereocenters. The SMILES string of the molecule is O=C(NS(=O)[O-])C1CC(N2CCCOc3cc(F)ccc32)CN1C(=O)C(c1ccccc1)c1ccccc1. The van der Waals surface area contributed by atoms with Gasteiger partial charge in [-0.15, -0.1) is 0 Å². The van der Waals surface area contributed by atoms with Crippen LogP contribution in [-0.4, -0.2) is 57.3 Å². The summed E-state index contributed by atoms with van der Waals surface area (Å²) in [4.78, 5) is 30.8. The maximum absolute atomic E-state index is 14.2. The van der Waals surface area contributed by atoms with Crippen LogP contribution in [-0.2, 0) is 20.9 Å². The average Bonchev–Trinajstić information content (AvgIpc) is 3.25. The van der Waals surface area contributed by atoms with E-state index < -0.39 is 35.0 Å². The minimum Gasteiger partial charge on any atom is -0.755 e. The molecule has 1 saturated heterocycles. The second-order valence-corrected chi connectivity index (χ2v) is 10.0. The van der Waals surface area contributed by atoms with Gasteiger partial charge in [0.05, 0.1) is 18.2 Å². The lowest BCUT2D eigenvalue weighted by atomic mass is 9.90. The molecule has 0 aromatic heterocycles. The number of nitrogens with zero attached hydrogens (tertiary/aromatic N) is 2. The number of halogens is 1. The third-order valence-electron chi connectivity index (χ3n) is 7.03. The van der Waals surface area contributed by atoms with Crippen LogP contribution in [0.5, 0.6) is 5.75 Å². The second kappa shape index (κ2) is 11.3. The second-order valence-electron chi connectivity index (χ2n) is 9.36. The summed E-state index contributed by atoms with van der Waals surface area (Å²) in [5.41, 5.74) is 2.21. The molecule has 1 N–H and O–H groups in total. The molecule has 2 heterocycles. The third kappa shape index (κ3) is 5.41. The lowest BCUT2D eigenvalue weighted by molar-refractivity contribution is -0.138. The molecule has 0 aliphatic carbocycles. The molecule has 8 nitrogen and oxygen atoms in total. The summed E-state index contributed by atoms with van der Waals surface area (Å²) in [5.74, 6) is -1.76. The summed E-state index contributed by atoms with van der Waals surface area (Å²) < 4.78 is 44.3. The molecule has 0 saturated carbocycles. The van der Waals surface area contributed by atoms with Crippen LogP contribution in [0, 0.1) is 5.82 Å². The van der Waals surface area contributed by atoms with Crippen LogP contribution in [0.4, 0.5) is 10.1 Å². The molecule has 5 rings (SSSR count). The summed E-state index contributed by atoms with van der Waals surface area (Å²) in [6, 6.07) is 21.6. The van der Waals surface area contributed by atoms with Crippen LogP contribution in [0.15, 0.2) is 78.9 Å². The quantitative estimate of drug-likeness (QED) is 0.486. The number of anilines is 1. The Balaban J connectivity index is 1.52. The van der Waals surface area contributed by atoms with Crippen molar-refractivity contribution in [3.63, 3.8) is 0 Å². The molecular weight excluding hydrogens is 509 g/mol. The van der Waals surface area contributed by atoms with Crippen LogP contribution < -0.4 is 14.4 Å². The Bertz CT molecular complexity index is 1290. The van der Waals surface area contributed by atoms with Gasteiger partial charge in [0.25, 0.3) is 5.91 Å². The van der Waals surface area contributed by atoms with Gasteiger partial charge < -0.3 is 19.1 Å². The molecule has 3 aromatic rings. The van der Waals surface area contributed by atoms with Crippen LogP contribution in [0.25, 0.3) is 0 Å². The number of rotatable bonds is 6. The molecule has 198 valence electrons. The molecule has 2 amide bonds. The summed E-state index contributed by atoms with van der Waals surface area (Å²) in [6.07, 6.45) is 0.876. The lowest BCUT2D eigenvalue weighted by Crippen LogP contribution is -2.48. The molecule has 3 atom stereocenters. The largest absolute Gasteiger partial charge is 0.755 e. The summed E-state index contributed by atoms with van der Waals surface area (Å²) in [5, 5.41) is 0. The molecular formula is C28H27FN3O5S-. The Labute approximate surface area is 222 Å². The van der Waals surface area contributed by atoms with Crippen molar-refractivity contribution in [2.75, 3.05) is 24.6 Å². The Hall–Kier alpha value is -3.76. The van der Waals surface area contributed by atoms with Gasteiger partial charge in [0.2, 0.25) is 5.91 Å². The number of fused-ring (bicyclic) bond motifs is 1. The van der Waals surface area contributed by atoms with E-state index in [0.717, 1.165) is 11.1 Å². The lowest BCUT2D eigenvalue weighted by Gasteiger charge is -2.31. The molecule has 2 aliphatic heterocycles. The third-order valence-corrected chi connectivity index (χ3v) is 7.40. The zero-order valence-electron chi connectivity index (χ0n) is 20.5. The molecule has 38 heavy (non-hydrogen) atoms. The molecule has 3 aromatic carbocycles. The van der Waals surface area contributed by atoms with Crippen LogP contribution in [0.2, 0.25) is 0 Å². The first-order valence-electron chi connectivity index (χ1n) is 12.4. The number of hydrogen-bond acceptors (Lipinski definition) is 6. The van der Waals surface area contributed by atoms with Crippen molar-refractivity contribution in [2.24, 2.45) is 0 Å². The van der Waals surface area contributed by atoms with Crippen LogP contribution in [0.1, 0.15) is 29.9 Å². The number of nitrogens with one attached hydrogen (secondary N) is 1. The van der Waals surface area contributed by atoms with Crippen molar-refractivity contribution in [1.82, 2.24) is 9.62 Å². The smallest absolute Gasteiger partial charge is 0.253 e. The zero-order valence-corrected chi connectivity index (χ0v) is 21.3. The standard InChI is InChI=1S/C28H28FN3O5S/c29-21-12-13-23-25(16-21)37-15-7-14-31(23)22-17-24(27(33)30-38(35)36)32(18-22)28(34)26(19-8-3-1-4-9-19)20-10-5-2-6-11-20/h1-6,8-13,16,22,24,26H,7,14-15,17-18H2,(H,30,33)(H,35,36)/p-1. The van der Waals surface area contributed by atoms with Gasteiger partial charge in [0.1, 0.15) is 17.6 Å². The van der Waals surface area contributed by atoms with Gasteiger partial charge in [-0.1, -0.05) is 60.7 Å². The Morgan fingerprint density at radius 1 is 1.03 bits per heavy atom. The van der Waals surface area contributed by atoms with E-state index in [1.54, 1.807) is 6.07 Å². The highest BCUT2D eigenvalue weighted by molar-refractivity contribution is 7.77. The number of benzene rings is 3. The van der Waals surface area contributed by atoms with E-state index in [9.17, 15) is 22.7 Å². The highest BCUT2D eigenvalue weighted by Gasteiger charge is 2.44. The molecule has 0 spiro atoms. The number of amides is 2. The highest BCUT2D eigenvalue weighted by Crippen LogP contribution is 2.37. The number of carbonyl (C=O) groups excluding carboxylic acids is 2. The number of likely N-dealkylation sites (tertiary alicyclic amines) is 1. The Morgan fingerprint density at radius 2 is 1.68 bits per heavy atom. The van der Waals surface area contributed by atoms with Gasteiger partial charge in [-0.25, -0.2) is 4.39 Å². The van der Waals surface area contributed by atoms with E-state index in [2.05, 4.69) is 0 Å². The predicted octanol–water partition coefficient (Wildman–Crippen LogP) is 3.13. The first kappa shape index (κ1) is 25.9. The van der Waals surface area contributed by atoms with Gasteiger partial charge in [0, 0.05) is 36.5 Å². The van der Waals surface area contributed by atoms with E-state index in [0.29, 0.717) is 31.0 Å². The molecule has 2 aliphatic rings. The summed E-state index contributed by atoms with van der Waals surface area (Å²) >= 11 is -2.82. The minimum atomic E-state index is -2.82. The van der Waals surface area contributed by atoms with Crippen LogP contribution >= 0.6 is 0 Å². The van der Waals surface area contributed by atoms with E-state index in [-0.39, 0.29) is 24.9 Å². The van der Waals surface area contributed by atoms with Gasteiger partial charge >= 0.3 is 0 Å². The van der Waals surface area contributed by atoms with E-state index in [1.807, 2.05) is 70.3 Å². The summed E-state index contributed by atoms with van der Waals surface area (Å²) in [6.45, 7) is 1.18. The average molecular weight is 537 g/mol. The summed E-state index contributed by atoms with van der Waals surface area (Å²) in [7, 11) is 0. The van der Waals surface area contributed by atoms with Crippen molar-refractivity contribution in [3.05, 3.63) is 95.8 Å². The fourth-order valence-electron chi connectivity index (χ4n) is 5.37. The topological polar surface area (TPSA) is 102 Å². The van der Waals surface area contributed by atoms with Crippen molar-refractivity contribution >= 4 is 28.8 Å². The number of carbonyl (C=O) groups is 2. The van der Waals surface area contributed by atoms with E-state index in [1.165, 1.54) is 17.0 Å². The van der Waals surface area contributed by atoms with Crippen molar-refractivity contribution in [3.8, 4) is 5.75 Å². The number of ether oxygens (including phenoxy) is 1. The van der Waals surface area contributed by atoms with Gasteiger partial charge in [-0.05, 0) is 36.1 Å². The highest BCUT2D eigenvalue weighted by atomic mass is 32.2. The molecule has 1 fully saturated rings. The molecule has 10 heteroatoms. The van der Waals surface area contributed by atoms with Crippen molar-refractivity contribution < 1.29 is 27.5 Å². The predicted molar refractivity (Wildman–Crippen MR) is 140 cm³/mol. The monoisotopic (exact) mass is 536 g/mol. The van der Waals surface area contributed by atoms with Crippen molar-refractivity contribution in [1.29, 1.82) is 0 Å². The zero-order chi connectivity index (χ0) is 26.6. The van der Waals surface area contributed by atoms with E-state index in [4.69, 9.17) is 4.74 Å². The fourth-order valence-corrected chi connectivity index (χ4v) is 5.67. The maximum Gasteiger partial charge on any atom is 0.253 e. The first-order valence-corrected chi connectivity index (χ1v) is 13.5. The Kier molecular flexibility index (Phi) is 7.71. The normalized spacial score (nSPS) is 19.9. The fraction of sp³-hybridized carbons (Fsp3) is 0.286.